The van der Waals surface area contributed by atoms with Crippen LogP contribution in [0.3, 0.4) is 0 Å². The Morgan fingerprint density at radius 1 is 1.19 bits per heavy atom. The summed E-state index contributed by atoms with van der Waals surface area (Å²) >= 11 is 1.27. The van der Waals surface area contributed by atoms with E-state index in [1.807, 2.05) is 0 Å². The van der Waals surface area contributed by atoms with Gasteiger partial charge in [0.2, 0.25) is 11.8 Å². The van der Waals surface area contributed by atoms with Crippen LogP contribution < -0.4 is 10.1 Å². The average Bonchev–Trinajstić information content (AvgIpc) is 3.01. The number of alkyl halides is 3. The van der Waals surface area contributed by atoms with Crippen molar-refractivity contribution >= 4 is 29.1 Å². The number of carbonyl (C=O) groups is 1. The average molecular weight is 380 g/mol. The monoisotopic (exact) mass is 380 g/mol. The number of ether oxygens (including phenoxy) is 1. The fourth-order valence-electron chi connectivity index (χ4n) is 1.88. The van der Waals surface area contributed by atoms with E-state index in [9.17, 15) is 18.0 Å². The molecule has 0 bridgehead atoms. The molecule has 2 aromatic rings. The van der Waals surface area contributed by atoms with Crippen molar-refractivity contribution in [2.24, 2.45) is 10.2 Å². The maximum Gasteiger partial charge on any atom is 0.417 e. The molecule has 1 fully saturated rings. The van der Waals surface area contributed by atoms with Crippen LogP contribution in [0.1, 0.15) is 11.1 Å². The van der Waals surface area contributed by atoms with Gasteiger partial charge in [0, 0.05) is 12.3 Å². The lowest BCUT2D eigenvalue weighted by molar-refractivity contribution is -0.137. The number of hydrogen-bond donors (Lipinski definition) is 1. The Hall–Kier alpha value is -2.88. The van der Waals surface area contributed by atoms with Crippen LogP contribution in [-0.4, -0.2) is 28.0 Å². The number of nitrogens with one attached hydrogen (secondary N) is 1. The van der Waals surface area contributed by atoms with Crippen LogP contribution in [0.15, 0.2) is 52.8 Å². The summed E-state index contributed by atoms with van der Waals surface area (Å²) in [6.07, 6.45) is -2.22. The number of halogens is 3. The number of thioether (sulfide) groups is 1. The minimum atomic E-state index is -4.43. The molecule has 0 atom stereocenters. The molecule has 1 aromatic carbocycles. The third-order valence-corrected chi connectivity index (χ3v) is 3.97. The lowest BCUT2D eigenvalue weighted by Crippen LogP contribution is -2.19. The Kier molecular flexibility index (Phi) is 5.21. The van der Waals surface area contributed by atoms with Crippen LogP contribution in [0.4, 0.5) is 13.2 Å². The van der Waals surface area contributed by atoms with Gasteiger partial charge in [-0.2, -0.15) is 18.3 Å². The Bertz CT molecular complexity index is 849. The molecular weight excluding hydrogens is 369 g/mol. The number of nitrogens with zero attached hydrogens (tertiary/aromatic N) is 3. The third-order valence-electron chi connectivity index (χ3n) is 3.11. The summed E-state index contributed by atoms with van der Waals surface area (Å²) in [5.41, 5.74) is -0.106. The van der Waals surface area contributed by atoms with E-state index in [1.165, 1.54) is 18.0 Å². The van der Waals surface area contributed by atoms with Gasteiger partial charge in [0.1, 0.15) is 5.75 Å². The Morgan fingerprint density at radius 2 is 1.96 bits per heavy atom. The van der Waals surface area contributed by atoms with E-state index in [-0.39, 0.29) is 11.8 Å². The zero-order chi connectivity index (χ0) is 18.6. The molecule has 1 N–H and O–H groups in total. The van der Waals surface area contributed by atoms with E-state index in [0.717, 1.165) is 23.9 Å². The first kappa shape index (κ1) is 17.9. The standard InChI is InChI=1S/C16H11F3N4O2S/c17-16(18,19)11-3-6-14(20-8-11)25-12-4-1-10(2-5-12)7-21-23-15-22-13(24)9-26-15/h1-8H,9H2,(H,22,23,24). The number of benzene rings is 1. The first-order valence-corrected chi connectivity index (χ1v) is 8.23. The van der Waals surface area contributed by atoms with Gasteiger partial charge in [0.05, 0.1) is 17.5 Å². The fourth-order valence-corrected chi connectivity index (χ4v) is 2.51. The van der Waals surface area contributed by atoms with Crippen LogP contribution >= 0.6 is 11.8 Å². The number of rotatable bonds is 4. The molecule has 1 aromatic heterocycles. The molecule has 1 amide bonds. The van der Waals surface area contributed by atoms with Crippen molar-refractivity contribution in [2.75, 3.05) is 5.75 Å². The number of aromatic nitrogens is 1. The van der Waals surface area contributed by atoms with E-state index in [1.54, 1.807) is 24.3 Å². The van der Waals surface area contributed by atoms with E-state index in [0.29, 0.717) is 16.7 Å². The van der Waals surface area contributed by atoms with E-state index >= 15 is 0 Å². The van der Waals surface area contributed by atoms with Gasteiger partial charge < -0.3 is 10.1 Å². The molecule has 10 heteroatoms. The largest absolute Gasteiger partial charge is 0.439 e. The molecule has 0 saturated carbocycles. The zero-order valence-electron chi connectivity index (χ0n) is 13.0. The fraction of sp³-hybridized carbons (Fsp3) is 0.125. The summed E-state index contributed by atoms with van der Waals surface area (Å²) in [5.74, 6) is 0.694. The molecule has 26 heavy (non-hydrogen) atoms. The third kappa shape index (κ3) is 4.82. The van der Waals surface area contributed by atoms with Crippen LogP contribution in [0.5, 0.6) is 11.6 Å². The number of amides is 1. The van der Waals surface area contributed by atoms with Crippen LogP contribution in [-0.2, 0) is 11.0 Å². The smallest absolute Gasteiger partial charge is 0.417 e. The normalized spacial score (nSPS) is 16.3. The molecule has 1 aliphatic rings. The second-order valence-corrected chi connectivity index (χ2v) is 6.00. The van der Waals surface area contributed by atoms with Gasteiger partial charge in [0.25, 0.3) is 0 Å². The Balaban J connectivity index is 1.60. The highest BCUT2D eigenvalue weighted by Gasteiger charge is 2.30. The van der Waals surface area contributed by atoms with Crippen molar-refractivity contribution < 1.29 is 22.7 Å². The maximum absolute atomic E-state index is 12.5. The van der Waals surface area contributed by atoms with Crippen molar-refractivity contribution in [3.05, 3.63) is 53.7 Å². The van der Waals surface area contributed by atoms with Crippen molar-refractivity contribution in [1.29, 1.82) is 0 Å². The minimum Gasteiger partial charge on any atom is -0.439 e. The number of carbonyl (C=O) groups excluding carboxylic acids is 1. The van der Waals surface area contributed by atoms with Crippen molar-refractivity contribution in [3.63, 3.8) is 0 Å². The highest BCUT2D eigenvalue weighted by molar-refractivity contribution is 8.15. The quantitative estimate of drug-likeness (QED) is 0.651. The SMILES string of the molecule is O=C1CSC(=NN=Cc2ccc(Oc3ccc(C(F)(F)F)cn3)cc2)N1. The molecule has 0 unspecified atom stereocenters. The molecule has 1 aliphatic heterocycles. The highest BCUT2D eigenvalue weighted by atomic mass is 32.2. The Labute approximate surface area is 150 Å². The molecule has 134 valence electrons. The van der Waals surface area contributed by atoms with Crippen LogP contribution in [0.2, 0.25) is 0 Å². The predicted molar refractivity (Wildman–Crippen MR) is 91.4 cm³/mol. The van der Waals surface area contributed by atoms with Gasteiger partial charge in [-0.25, -0.2) is 4.98 Å². The van der Waals surface area contributed by atoms with Gasteiger partial charge in [-0.3, -0.25) is 4.79 Å². The van der Waals surface area contributed by atoms with Gasteiger partial charge in [-0.15, -0.1) is 5.10 Å². The topological polar surface area (TPSA) is 75.9 Å². The second-order valence-electron chi connectivity index (χ2n) is 5.04. The number of pyridine rings is 1. The predicted octanol–water partition coefficient (Wildman–Crippen LogP) is 3.45. The zero-order valence-corrected chi connectivity index (χ0v) is 13.8. The lowest BCUT2D eigenvalue weighted by Gasteiger charge is -2.08. The molecule has 0 spiro atoms. The molecule has 1 saturated heterocycles. The summed E-state index contributed by atoms with van der Waals surface area (Å²) in [6, 6.07) is 8.71. The summed E-state index contributed by atoms with van der Waals surface area (Å²) < 4.78 is 42.9. The molecule has 3 rings (SSSR count). The van der Waals surface area contributed by atoms with Crippen molar-refractivity contribution in [1.82, 2.24) is 10.3 Å². The molecular formula is C16H11F3N4O2S. The molecule has 2 heterocycles. The maximum atomic E-state index is 12.5. The first-order valence-electron chi connectivity index (χ1n) is 7.25. The first-order chi connectivity index (χ1) is 12.4. The van der Waals surface area contributed by atoms with Gasteiger partial charge in [-0.05, 0) is 35.9 Å². The molecule has 0 aliphatic carbocycles. The summed E-state index contributed by atoms with van der Waals surface area (Å²) in [6.45, 7) is 0. The van der Waals surface area contributed by atoms with Crippen LogP contribution in [0, 0.1) is 0 Å². The van der Waals surface area contributed by atoms with Gasteiger partial charge in [-0.1, -0.05) is 11.8 Å². The van der Waals surface area contributed by atoms with Gasteiger partial charge in [0.15, 0.2) is 5.17 Å². The van der Waals surface area contributed by atoms with Gasteiger partial charge >= 0.3 is 6.18 Å². The minimum absolute atomic E-state index is 0.0554. The molecule has 6 nitrogen and oxygen atoms in total. The Morgan fingerprint density at radius 3 is 2.54 bits per heavy atom. The molecule has 0 radical (unpaired) electrons. The summed E-state index contributed by atoms with van der Waals surface area (Å²) in [7, 11) is 0. The highest BCUT2D eigenvalue weighted by Crippen LogP contribution is 2.30. The van der Waals surface area contributed by atoms with E-state index < -0.39 is 11.7 Å². The summed E-state index contributed by atoms with van der Waals surface area (Å²) in [4.78, 5) is 14.6. The van der Waals surface area contributed by atoms with Crippen molar-refractivity contribution in [3.8, 4) is 11.6 Å². The van der Waals surface area contributed by atoms with E-state index in [2.05, 4.69) is 20.5 Å². The number of amidine groups is 1. The lowest BCUT2D eigenvalue weighted by atomic mass is 10.2. The van der Waals surface area contributed by atoms with Crippen LogP contribution in [0.25, 0.3) is 0 Å². The number of hydrogen-bond acceptors (Lipinski definition) is 6. The van der Waals surface area contributed by atoms with E-state index in [4.69, 9.17) is 4.74 Å². The summed E-state index contributed by atoms with van der Waals surface area (Å²) in [5, 5.41) is 10.7. The van der Waals surface area contributed by atoms with Crippen molar-refractivity contribution in [2.45, 2.75) is 6.18 Å². The second kappa shape index (κ2) is 7.56.